The van der Waals surface area contributed by atoms with Gasteiger partial charge in [0.25, 0.3) is 0 Å². The van der Waals surface area contributed by atoms with E-state index >= 15 is 0 Å². The summed E-state index contributed by atoms with van der Waals surface area (Å²) in [7, 11) is 1.65. The maximum Gasteiger partial charge on any atom is 0.121 e. The third kappa shape index (κ3) is 4.58. The van der Waals surface area contributed by atoms with Crippen molar-refractivity contribution in [1.29, 1.82) is 0 Å². The topological polar surface area (TPSA) is 56.5 Å². The summed E-state index contributed by atoms with van der Waals surface area (Å²) in [6.07, 6.45) is 3.45. The predicted molar refractivity (Wildman–Crippen MR) is 92.2 cm³/mol. The van der Waals surface area contributed by atoms with Gasteiger partial charge in [0.05, 0.1) is 25.1 Å². The van der Waals surface area contributed by atoms with Crippen LogP contribution in [0.1, 0.15) is 26.2 Å². The maximum atomic E-state index is 6.03. The Bertz CT molecular complexity index is 582. The summed E-state index contributed by atoms with van der Waals surface area (Å²) in [6.45, 7) is 2.92. The molecule has 3 N–H and O–H groups in total. The molecule has 0 heterocycles. The monoisotopic (exact) mass is 300 g/mol. The molecule has 0 atom stereocenters. The second kappa shape index (κ2) is 8.17. The van der Waals surface area contributed by atoms with E-state index in [1.807, 2.05) is 42.5 Å². The summed E-state index contributed by atoms with van der Waals surface area (Å²) in [5.41, 5.74) is 8.52. The van der Waals surface area contributed by atoms with E-state index in [4.69, 9.17) is 15.2 Å². The van der Waals surface area contributed by atoms with Crippen LogP contribution in [0.2, 0.25) is 0 Å². The zero-order valence-corrected chi connectivity index (χ0v) is 13.3. The first-order valence-electron chi connectivity index (χ1n) is 7.66. The minimum Gasteiger partial charge on any atom is -0.497 e. The van der Waals surface area contributed by atoms with Crippen molar-refractivity contribution in [3.05, 3.63) is 42.5 Å². The minimum absolute atomic E-state index is 0.691. The quantitative estimate of drug-likeness (QED) is 0.553. The molecule has 118 valence electrons. The molecule has 2 aromatic rings. The summed E-state index contributed by atoms with van der Waals surface area (Å²) in [5, 5.41) is 3.30. The second-order valence-corrected chi connectivity index (χ2v) is 5.16. The largest absolute Gasteiger partial charge is 0.497 e. The molecule has 0 saturated heterocycles. The van der Waals surface area contributed by atoms with E-state index < -0.39 is 0 Å². The van der Waals surface area contributed by atoms with Crippen molar-refractivity contribution >= 4 is 17.1 Å². The molecule has 0 aromatic heterocycles. The van der Waals surface area contributed by atoms with Gasteiger partial charge in [0, 0.05) is 11.8 Å². The lowest BCUT2D eigenvalue weighted by Crippen LogP contribution is -2.00. The summed E-state index contributed by atoms with van der Waals surface area (Å²) in [5.74, 6) is 1.66. The minimum atomic E-state index is 0.691. The third-order valence-corrected chi connectivity index (χ3v) is 3.41. The van der Waals surface area contributed by atoms with E-state index in [1.54, 1.807) is 7.11 Å². The first kappa shape index (κ1) is 16.0. The van der Waals surface area contributed by atoms with Crippen LogP contribution < -0.4 is 20.5 Å². The zero-order valence-electron chi connectivity index (χ0n) is 13.3. The van der Waals surface area contributed by atoms with Gasteiger partial charge in [-0.2, -0.15) is 0 Å². The number of anilines is 3. The summed E-state index contributed by atoms with van der Waals surface area (Å²) < 4.78 is 10.9. The number of hydrogen-bond donors (Lipinski definition) is 2. The number of methoxy groups -OCH3 is 1. The number of rotatable bonds is 8. The smallest absolute Gasteiger partial charge is 0.121 e. The van der Waals surface area contributed by atoms with Crippen molar-refractivity contribution in [2.24, 2.45) is 0 Å². The van der Waals surface area contributed by atoms with Crippen molar-refractivity contribution < 1.29 is 9.47 Å². The fourth-order valence-corrected chi connectivity index (χ4v) is 2.11. The van der Waals surface area contributed by atoms with E-state index in [0.29, 0.717) is 5.69 Å². The molecular formula is C18H24N2O2. The number of unbranched alkanes of at least 4 members (excludes halogenated alkanes) is 2. The Morgan fingerprint density at radius 2 is 1.73 bits per heavy atom. The first-order valence-corrected chi connectivity index (χ1v) is 7.66. The Balaban J connectivity index is 2.02. The van der Waals surface area contributed by atoms with Gasteiger partial charge in [-0.05, 0) is 42.8 Å². The number of nitrogen functional groups attached to an aromatic ring is 1. The van der Waals surface area contributed by atoms with E-state index in [2.05, 4.69) is 12.2 Å². The lowest BCUT2D eigenvalue weighted by Gasteiger charge is -2.12. The Hall–Kier alpha value is -2.36. The highest BCUT2D eigenvalue weighted by atomic mass is 16.5. The van der Waals surface area contributed by atoms with Crippen LogP contribution in [0.15, 0.2) is 42.5 Å². The highest BCUT2D eigenvalue weighted by Crippen LogP contribution is 2.28. The van der Waals surface area contributed by atoms with E-state index in [1.165, 1.54) is 12.8 Å². The molecule has 0 spiro atoms. The average molecular weight is 300 g/mol. The van der Waals surface area contributed by atoms with Gasteiger partial charge in [-0.15, -0.1) is 0 Å². The van der Waals surface area contributed by atoms with E-state index in [0.717, 1.165) is 35.9 Å². The zero-order chi connectivity index (χ0) is 15.8. The molecule has 0 fully saturated rings. The predicted octanol–water partition coefficient (Wildman–Crippen LogP) is 4.59. The number of nitrogens with two attached hydrogens (primary N) is 1. The molecule has 0 bridgehead atoms. The van der Waals surface area contributed by atoms with Crippen molar-refractivity contribution in [3.63, 3.8) is 0 Å². The normalized spacial score (nSPS) is 10.3. The molecule has 0 radical (unpaired) electrons. The second-order valence-electron chi connectivity index (χ2n) is 5.16. The lowest BCUT2D eigenvalue weighted by molar-refractivity contribution is 0.306. The molecule has 4 heteroatoms. The van der Waals surface area contributed by atoms with Gasteiger partial charge in [0.2, 0.25) is 0 Å². The number of benzene rings is 2. The van der Waals surface area contributed by atoms with Crippen LogP contribution in [0, 0.1) is 0 Å². The summed E-state index contributed by atoms with van der Waals surface area (Å²) in [6, 6.07) is 13.4. The molecular weight excluding hydrogens is 276 g/mol. The highest BCUT2D eigenvalue weighted by Gasteiger charge is 2.03. The Kier molecular flexibility index (Phi) is 5.95. The van der Waals surface area contributed by atoms with Crippen LogP contribution in [-0.2, 0) is 0 Å². The van der Waals surface area contributed by atoms with Gasteiger partial charge >= 0.3 is 0 Å². The molecule has 2 aromatic carbocycles. The fraction of sp³-hybridized carbons (Fsp3) is 0.333. The third-order valence-electron chi connectivity index (χ3n) is 3.41. The van der Waals surface area contributed by atoms with Crippen LogP contribution in [0.5, 0.6) is 11.5 Å². The van der Waals surface area contributed by atoms with Gasteiger partial charge in [-0.3, -0.25) is 0 Å². The molecule has 4 nitrogen and oxygen atoms in total. The van der Waals surface area contributed by atoms with Crippen LogP contribution in [-0.4, -0.2) is 13.7 Å². The van der Waals surface area contributed by atoms with Crippen LogP contribution in [0.25, 0.3) is 0 Å². The highest BCUT2D eigenvalue weighted by molar-refractivity contribution is 5.74. The van der Waals surface area contributed by atoms with Crippen LogP contribution in [0.4, 0.5) is 17.1 Å². The van der Waals surface area contributed by atoms with Gasteiger partial charge in [-0.25, -0.2) is 0 Å². The number of hydrogen-bond acceptors (Lipinski definition) is 4. The molecule has 0 amide bonds. The van der Waals surface area contributed by atoms with Crippen molar-refractivity contribution in [3.8, 4) is 11.5 Å². The van der Waals surface area contributed by atoms with Crippen LogP contribution >= 0.6 is 0 Å². The molecule has 0 aliphatic heterocycles. The molecule has 0 unspecified atom stereocenters. The molecule has 22 heavy (non-hydrogen) atoms. The summed E-state index contributed by atoms with van der Waals surface area (Å²) in [4.78, 5) is 0. The lowest BCUT2D eigenvalue weighted by atomic mass is 10.2. The first-order chi connectivity index (χ1) is 10.7. The molecule has 0 saturated carbocycles. The number of nitrogens with one attached hydrogen (secondary N) is 1. The molecule has 2 rings (SSSR count). The Morgan fingerprint density at radius 1 is 1.00 bits per heavy atom. The average Bonchev–Trinajstić information content (AvgIpc) is 2.55. The molecule has 0 aliphatic rings. The Labute approximate surface area is 132 Å². The van der Waals surface area contributed by atoms with E-state index in [9.17, 15) is 0 Å². The maximum absolute atomic E-state index is 6.03. The SMILES string of the molecule is CCCCCOc1ccc(N)c(Nc2ccc(OC)cc2)c1. The van der Waals surface area contributed by atoms with Crippen molar-refractivity contribution in [1.82, 2.24) is 0 Å². The Morgan fingerprint density at radius 3 is 2.41 bits per heavy atom. The van der Waals surface area contributed by atoms with E-state index in [-0.39, 0.29) is 0 Å². The molecule has 0 aliphatic carbocycles. The van der Waals surface area contributed by atoms with Crippen LogP contribution in [0.3, 0.4) is 0 Å². The summed E-state index contributed by atoms with van der Waals surface area (Å²) >= 11 is 0. The fourth-order valence-electron chi connectivity index (χ4n) is 2.11. The van der Waals surface area contributed by atoms with Gasteiger partial charge in [-0.1, -0.05) is 19.8 Å². The van der Waals surface area contributed by atoms with Crippen molar-refractivity contribution in [2.45, 2.75) is 26.2 Å². The number of ether oxygens (including phenoxy) is 2. The van der Waals surface area contributed by atoms with Gasteiger partial charge in [0.1, 0.15) is 11.5 Å². The van der Waals surface area contributed by atoms with Gasteiger partial charge in [0.15, 0.2) is 0 Å². The van der Waals surface area contributed by atoms with Gasteiger partial charge < -0.3 is 20.5 Å². The standard InChI is InChI=1S/C18H24N2O2/c1-3-4-5-12-22-16-10-11-17(19)18(13-16)20-14-6-8-15(21-2)9-7-14/h6-11,13,20H,3-5,12,19H2,1-2H3. The van der Waals surface area contributed by atoms with Crippen molar-refractivity contribution in [2.75, 3.05) is 24.8 Å².